The molecule has 1 saturated carbocycles. The largest absolute Gasteiger partial charge is 0.481 e. The molecular formula is C17H31N3O3. The summed E-state index contributed by atoms with van der Waals surface area (Å²) in [6.45, 7) is 4.66. The fourth-order valence-corrected chi connectivity index (χ4v) is 4.26. The molecule has 0 aromatic carbocycles. The van der Waals surface area contributed by atoms with Crippen LogP contribution >= 0.6 is 0 Å². The molecule has 2 atom stereocenters. The number of hydrogen-bond acceptors (Lipinski definition) is 3. The zero-order chi connectivity index (χ0) is 17.0. The summed E-state index contributed by atoms with van der Waals surface area (Å²) in [4.78, 5) is 27.6. The number of carboxylic acids is 1. The number of rotatable bonds is 5. The van der Waals surface area contributed by atoms with Gasteiger partial charge in [-0.25, -0.2) is 4.79 Å². The van der Waals surface area contributed by atoms with Gasteiger partial charge in [-0.3, -0.25) is 4.79 Å². The van der Waals surface area contributed by atoms with E-state index in [-0.39, 0.29) is 17.4 Å². The molecule has 132 valence electrons. The molecule has 0 bridgehead atoms. The molecule has 6 nitrogen and oxygen atoms in total. The minimum Gasteiger partial charge on any atom is -0.481 e. The van der Waals surface area contributed by atoms with Crippen molar-refractivity contribution in [3.8, 4) is 0 Å². The summed E-state index contributed by atoms with van der Waals surface area (Å²) in [5.41, 5.74) is 0.173. The Morgan fingerprint density at radius 3 is 2.48 bits per heavy atom. The Bertz CT molecular complexity index is 433. The molecule has 0 aromatic rings. The average Bonchev–Trinajstić information content (AvgIpc) is 2.92. The average molecular weight is 325 g/mol. The first-order chi connectivity index (χ1) is 10.8. The van der Waals surface area contributed by atoms with Gasteiger partial charge in [0.05, 0.1) is 5.92 Å². The van der Waals surface area contributed by atoms with Crippen molar-refractivity contribution in [2.24, 2.45) is 17.3 Å². The summed E-state index contributed by atoms with van der Waals surface area (Å²) in [5.74, 6) is -1.00. The number of urea groups is 1. The SMILES string of the molecule is CC1CC(C(=O)O)CN(C(=O)NCC2(CN(C)C)CCCC2)C1. The number of carboxylic acid groups (broad SMARTS) is 1. The number of piperidine rings is 1. The van der Waals surface area contributed by atoms with Gasteiger partial charge >= 0.3 is 12.0 Å². The summed E-state index contributed by atoms with van der Waals surface area (Å²) >= 11 is 0. The van der Waals surface area contributed by atoms with E-state index < -0.39 is 11.9 Å². The van der Waals surface area contributed by atoms with Crippen molar-refractivity contribution in [2.45, 2.75) is 39.0 Å². The molecule has 0 spiro atoms. The van der Waals surface area contributed by atoms with Crippen molar-refractivity contribution in [3.63, 3.8) is 0 Å². The highest BCUT2D eigenvalue weighted by atomic mass is 16.4. The van der Waals surface area contributed by atoms with Crippen LogP contribution in [-0.4, -0.2) is 67.2 Å². The molecule has 2 N–H and O–H groups in total. The lowest BCUT2D eigenvalue weighted by Gasteiger charge is -2.37. The van der Waals surface area contributed by atoms with Crippen LogP contribution in [0.4, 0.5) is 4.79 Å². The third-order valence-electron chi connectivity index (χ3n) is 5.23. The van der Waals surface area contributed by atoms with Gasteiger partial charge in [0.2, 0.25) is 0 Å². The first kappa shape index (κ1) is 18.0. The third-order valence-corrected chi connectivity index (χ3v) is 5.23. The summed E-state index contributed by atoms with van der Waals surface area (Å²) in [6, 6.07) is -0.104. The van der Waals surface area contributed by atoms with E-state index in [0.29, 0.717) is 26.1 Å². The minimum atomic E-state index is -0.797. The van der Waals surface area contributed by atoms with E-state index in [0.717, 1.165) is 19.4 Å². The molecule has 1 saturated heterocycles. The number of nitrogens with zero attached hydrogens (tertiary/aromatic N) is 2. The van der Waals surface area contributed by atoms with E-state index in [2.05, 4.69) is 24.3 Å². The van der Waals surface area contributed by atoms with Crippen LogP contribution in [0.3, 0.4) is 0 Å². The predicted octanol–water partition coefficient (Wildman–Crippen LogP) is 1.86. The molecule has 1 heterocycles. The maximum absolute atomic E-state index is 12.5. The van der Waals surface area contributed by atoms with Gasteiger partial charge in [0, 0.05) is 31.6 Å². The number of amides is 2. The Balaban J connectivity index is 1.91. The Hall–Kier alpha value is -1.30. The highest BCUT2D eigenvalue weighted by molar-refractivity contribution is 5.76. The van der Waals surface area contributed by atoms with Crippen LogP contribution in [0.25, 0.3) is 0 Å². The van der Waals surface area contributed by atoms with Crippen molar-refractivity contribution < 1.29 is 14.7 Å². The van der Waals surface area contributed by atoms with Crippen LogP contribution in [0.15, 0.2) is 0 Å². The van der Waals surface area contributed by atoms with Crippen molar-refractivity contribution in [2.75, 3.05) is 40.3 Å². The number of hydrogen-bond donors (Lipinski definition) is 2. The van der Waals surface area contributed by atoms with Crippen LogP contribution in [0.1, 0.15) is 39.0 Å². The van der Waals surface area contributed by atoms with Crippen LogP contribution < -0.4 is 5.32 Å². The zero-order valence-corrected chi connectivity index (χ0v) is 14.7. The van der Waals surface area contributed by atoms with E-state index in [4.69, 9.17) is 0 Å². The normalized spacial score (nSPS) is 27.2. The molecule has 1 aliphatic heterocycles. The Morgan fingerprint density at radius 2 is 1.91 bits per heavy atom. The predicted molar refractivity (Wildman–Crippen MR) is 89.3 cm³/mol. The van der Waals surface area contributed by atoms with Gasteiger partial charge < -0.3 is 20.2 Å². The highest BCUT2D eigenvalue weighted by Crippen LogP contribution is 2.38. The molecule has 0 radical (unpaired) electrons. The first-order valence-corrected chi connectivity index (χ1v) is 8.72. The second-order valence-corrected chi connectivity index (χ2v) is 7.88. The molecule has 2 aliphatic rings. The summed E-state index contributed by atoms with van der Waals surface area (Å²) < 4.78 is 0. The van der Waals surface area contributed by atoms with E-state index >= 15 is 0 Å². The quantitative estimate of drug-likeness (QED) is 0.809. The van der Waals surface area contributed by atoms with Gasteiger partial charge in [-0.2, -0.15) is 0 Å². The number of nitrogens with one attached hydrogen (secondary N) is 1. The van der Waals surface area contributed by atoms with E-state index in [1.807, 2.05) is 6.92 Å². The van der Waals surface area contributed by atoms with Crippen molar-refractivity contribution >= 4 is 12.0 Å². The van der Waals surface area contributed by atoms with Gasteiger partial charge in [0.15, 0.2) is 0 Å². The number of likely N-dealkylation sites (tertiary alicyclic amines) is 1. The van der Waals surface area contributed by atoms with Crippen LogP contribution in [-0.2, 0) is 4.79 Å². The number of carbonyl (C=O) groups excluding carboxylic acids is 1. The van der Waals surface area contributed by atoms with Crippen LogP contribution in [0.5, 0.6) is 0 Å². The van der Waals surface area contributed by atoms with Gasteiger partial charge in [-0.1, -0.05) is 19.8 Å². The first-order valence-electron chi connectivity index (χ1n) is 8.72. The fourth-order valence-electron chi connectivity index (χ4n) is 4.26. The van der Waals surface area contributed by atoms with Gasteiger partial charge in [0.1, 0.15) is 0 Å². The monoisotopic (exact) mass is 325 g/mol. The maximum atomic E-state index is 12.5. The fraction of sp³-hybridized carbons (Fsp3) is 0.882. The third kappa shape index (κ3) is 4.83. The molecule has 1 aliphatic carbocycles. The van der Waals surface area contributed by atoms with E-state index in [1.54, 1.807) is 4.90 Å². The molecule has 6 heteroatoms. The molecular weight excluding hydrogens is 294 g/mol. The molecule has 0 aromatic heterocycles. The lowest BCUT2D eigenvalue weighted by Crippen LogP contribution is -2.52. The summed E-state index contributed by atoms with van der Waals surface area (Å²) in [5, 5.41) is 12.3. The maximum Gasteiger partial charge on any atom is 0.317 e. The van der Waals surface area contributed by atoms with Gasteiger partial charge in [-0.15, -0.1) is 0 Å². The van der Waals surface area contributed by atoms with E-state index in [9.17, 15) is 14.7 Å². The van der Waals surface area contributed by atoms with Crippen LogP contribution in [0.2, 0.25) is 0 Å². The summed E-state index contributed by atoms with van der Waals surface area (Å²) in [7, 11) is 4.15. The Morgan fingerprint density at radius 1 is 1.26 bits per heavy atom. The smallest absolute Gasteiger partial charge is 0.317 e. The van der Waals surface area contributed by atoms with Crippen LogP contribution in [0, 0.1) is 17.3 Å². The molecule has 2 rings (SSSR count). The second kappa shape index (κ2) is 7.51. The topological polar surface area (TPSA) is 72.9 Å². The van der Waals surface area contributed by atoms with E-state index in [1.165, 1.54) is 12.8 Å². The highest BCUT2D eigenvalue weighted by Gasteiger charge is 2.36. The standard InChI is InChI=1S/C17H31N3O3/c1-13-8-14(15(21)22)10-20(9-13)16(23)18-11-17(12-19(2)3)6-4-5-7-17/h13-14H,4-12H2,1-3H3,(H,18,23)(H,21,22). The Labute approximate surface area is 139 Å². The minimum absolute atomic E-state index is 0.104. The molecule has 23 heavy (non-hydrogen) atoms. The molecule has 2 fully saturated rings. The number of aliphatic carboxylic acids is 1. The van der Waals surface area contributed by atoms with Gasteiger partial charge in [-0.05, 0) is 39.3 Å². The Kier molecular flexibility index (Phi) is 5.89. The number of carbonyl (C=O) groups is 2. The van der Waals surface area contributed by atoms with Crippen molar-refractivity contribution in [1.29, 1.82) is 0 Å². The molecule has 2 unspecified atom stereocenters. The summed E-state index contributed by atoms with van der Waals surface area (Å²) in [6.07, 6.45) is 5.42. The van der Waals surface area contributed by atoms with Gasteiger partial charge in [0.25, 0.3) is 0 Å². The zero-order valence-electron chi connectivity index (χ0n) is 14.7. The molecule has 2 amide bonds. The van der Waals surface area contributed by atoms with Crippen molar-refractivity contribution in [1.82, 2.24) is 15.1 Å². The lowest BCUT2D eigenvalue weighted by molar-refractivity contribution is -0.143. The second-order valence-electron chi connectivity index (χ2n) is 7.88. The lowest BCUT2D eigenvalue weighted by atomic mass is 9.85. The van der Waals surface area contributed by atoms with Crippen molar-refractivity contribution in [3.05, 3.63) is 0 Å².